The molecule has 0 saturated carbocycles. The second kappa shape index (κ2) is 8.12. The van der Waals surface area contributed by atoms with Crippen molar-refractivity contribution in [2.45, 2.75) is 25.9 Å². The lowest BCUT2D eigenvalue weighted by Gasteiger charge is -2.13. The predicted octanol–water partition coefficient (Wildman–Crippen LogP) is 3.91. The van der Waals surface area contributed by atoms with E-state index in [0.29, 0.717) is 29.0 Å². The normalized spacial score (nSPS) is 11.8. The molecule has 6 nitrogen and oxygen atoms in total. The van der Waals surface area contributed by atoms with Gasteiger partial charge in [-0.2, -0.15) is 13.2 Å². The number of nitrogens with one attached hydrogen (secondary N) is 1. The Kier molecular flexibility index (Phi) is 5.78. The van der Waals surface area contributed by atoms with Crippen molar-refractivity contribution in [1.82, 2.24) is 9.38 Å². The summed E-state index contributed by atoms with van der Waals surface area (Å²) in [4.78, 5) is 15.6. The van der Waals surface area contributed by atoms with Gasteiger partial charge in [-0.1, -0.05) is 6.07 Å². The van der Waals surface area contributed by atoms with E-state index in [1.165, 1.54) is 6.07 Å². The summed E-state index contributed by atoms with van der Waals surface area (Å²) in [5, 5.41) is 21.3. The maximum atomic E-state index is 12.5. The first-order valence-electron chi connectivity index (χ1n) is 8.95. The van der Waals surface area contributed by atoms with Crippen LogP contribution in [0.25, 0.3) is 16.9 Å². The van der Waals surface area contributed by atoms with Crippen LogP contribution < -0.4 is 5.32 Å². The summed E-state index contributed by atoms with van der Waals surface area (Å²) in [6, 6.07) is 6.57. The fourth-order valence-electron chi connectivity index (χ4n) is 3.16. The number of rotatable bonds is 7. The van der Waals surface area contributed by atoms with E-state index in [1.807, 2.05) is 0 Å². The number of imidazole rings is 1. The fraction of sp³-hybridized carbons (Fsp3) is 0.300. The second-order valence-corrected chi connectivity index (χ2v) is 6.70. The number of halogens is 3. The highest BCUT2D eigenvalue weighted by Gasteiger charge is 2.26. The van der Waals surface area contributed by atoms with Crippen LogP contribution in [-0.4, -0.2) is 44.9 Å². The third-order valence-corrected chi connectivity index (χ3v) is 4.54. The maximum Gasteiger partial charge on any atom is 0.390 e. The molecule has 0 aliphatic carbocycles. The van der Waals surface area contributed by atoms with Crippen molar-refractivity contribution >= 4 is 17.3 Å². The summed E-state index contributed by atoms with van der Waals surface area (Å²) < 4.78 is 39.2. The molecule has 3 rings (SSSR count). The number of carbonyl (C=O) groups is 1. The smallest absolute Gasteiger partial charge is 0.390 e. The average molecular weight is 407 g/mol. The van der Waals surface area contributed by atoms with Crippen molar-refractivity contribution in [3.63, 3.8) is 0 Å². The number of nitrogens with zero attached hydrogens (tertiary/aromatic N) is 2. The fourth-order valence-corrected chi connectivity index (χ4v) is 3.16. The van der Waals surface area contributed by atoms with Crippen molar-refractivity contribution in [2.75, 3.05) is 18.5 Å². The Labute approximate surface area is 164 Å². The van der Waals surface area contributed by atoms with Crippen molar-refractivity contribution in [2.24, 2.45) is 0 Å². The van der Waals surface area contributed by atoms with Crippen LogP contribution in [0.2, 0.25) is 0 Å². The summed E-state index contributed by atoms with van der Waals surface area (Å²) in [5.74, 6) is -1.02. The molecule has 0 amide bonds. The number of carboxylic acid groups (broad SMARTS) is 1. The van der Waals surface area contributed by atoms with Crippen LogP contribution in [0.4, 0.5) is 18.9 Å². The minimum absolute atomic E-state index is 0.107. The molecular formula is C20H20F3N3O3. The number of aliphatic hydroxyl groups excluding tert-OH is 1. The third kappa shape index (κ3) is 4.68. The second-order valence-electron chi connectivity index (χ2n) is 6.70. The third-order valence-electron chi connectivity index (χ3n) is 4.54. The molecule has 0 saturated heterocycles. The van der Waals surface area contributed by atoms with Crippen molar-refractivity contribution < 1.29 is 28.2 Å². The van der Waals surface area contributed by atoms with Gasteiger partial charge in [-0.05, 0) is 42.7 Å². The summed E-state index contributed by atoms with van der Waals surface area (Å²) in [6.07, 6.45) is -1.56. The lowest BCUT2D eigenvalue weighted by molar-refractivity contribution is -0.131. The maximum absolute atomic E-state index is 12.5. The molecule has 0 unspecified atom stereocenters. The molecule has 3 aromatic rings. The van der Waals surface area contributed by atoms with Gasteiger partial charge in [-0.15, -0.1) is 0 Å². The largest absolute Gasteiger partial charge is 0.478 e. The van der Waals surface area contributed by atoms with E-state index in [9.17, 15) is 28.2 Å². The van der Waals surface area contributed by atoms with Crippen LogP contribution >= 0.6 is 0 Å². The van der Waals surface area contributed by atoms with E-state index in [0.717, 1.165) is 11.1 Å². The number of pyridine rings is 1. The Morgan fingerprint density at radius 2 is 2.03 bits per heavy atom. The Morgan fingerprint density at radius 3 is 2.66 bits per heavy atom. The van der Waals surface area contributed by atoms with Gasteiger partial charge in [0, 0.05) is 24.9 Å². The molecule has 2 aromatic heterocycles. The van der Waals surface area contributed by atoms with E-state index in [1.54, 1.807) is 41.9 Å². The van der Waals surface area contributed by atoms with Gasteiger partial charge in [0.15, 0.2) is 5.65 Å². The summed E-state index contributed by atoms with van der Waals surface area (Å²) in [6.45, 7) is 1.29. The Bertz CT molecular complexity index is 1040. The van der Waals surface area contributed by atoms with Gasteiger partial charge >= 0.3 is 12.1 Å². The number of aromatic carboxylic acids is 1. The van der Waals surface area contributed by atoms with Gasteiger partial charge in [0.2, 0.25) is 0 Å². The van der Waals surface area contributed by atoms with Gasteiger partial charge in [-0.25, -0.2) is 9.78 Å². The number of benzene rings is 1. The number of aliphatic hydroxyl groups is 1. The Morgan fingerprint density at radius 1 is 1.28 bits per heavy atom. The molecule has 154 valence electrons. The van der Waals surface area contributed by atoms with E-state index < -0.39 is 18.6 Å². The quantitative estimate of drug-likeness (QED) is 0.553. The number of hydrogen-bond acceptors (Lipinski definition) is 4. The highest BCUT2D eigenvalue weighted by atomic mass is 19.4. The molecule has 0 fully saturated rings. The molecule has 9 heteroatoms. The van der Waals surface area contributed by atoms with E-state index in [-0.39, 0.29) is 18.7 Å². The van der Waals surface area contributed by atoms with Crippen LogP contribution in [-0.2, 0) is 6.42 Å². The minimum atomic E-state index is -4.27. The molecule has 3 N–H and O–H groups in total. The molecular weight excluding hydrogens is 387 g/mol. The molecule has 0 aliphatic rings. The van der Waals surface area contributed by atoms with Crippen molar-refractivity contribution in [1.29, 1.82) is 0 Å². The molecule has 29 heavy (non-hydrogen) atoms. The average Bonchev–Trinajstić information content (AvgIpc) is 3.04. The van der Waals surface area contributed by atoms with Gasteiger partial charge in [-0.3, -0.25) is 4.40 Å². The molecule has 1 aromatic carbocycles. The van der Waals surface area contributed by atoms with Crippen molar-refractivity contribution in [3.8, 4) is 11.3 Å². The Balaban J connectivity index is 2.03. The molecule has 2 heterocycles. The first-order chi connectivity index (χ1) is 13.7. The summed E-state index contributed by atoms with van der Waals surface area (Å²) >= 11 is 0. The summed E-state index contributed by atoms with van der Waals surface area (Å²) in [5.41, 5.74) is 3.78. The number of aryl methyl sites for hydroxylation is 1. The zero-order valence-electron chi connectivity index (χ0n) is 15.6. The zero-order valence-corrected chi connectivity index (χ0v) is 15.6. The van der Waals surface area contributed by atoms with Crippen LogP contribution in [0, 0.1) is 6.92 Å². The topological polar surface area (TPSA) is 86.9 Å². The molecule has 0 atom stereocenters. The highest BCUT2D eigenvalue weighted by molar-refractivity contribution is 5.90. The number of carboxylic acids is 1. The first-order valence-corrected chi connectivity index (χ1v) is 8.95. The van der Waals surface area contributed by atoms with Crippen molar-refractivity contribution in [3.05, 3.63) is 53.3 Å². The van der Waals surface area contributed by atoms with Gasteiger partial charge in [0.05, 0.1) is 29.6 Å². The van der Waals surface area contributed by atoms with E-state index in [4.69, 9.17) is 0 Å². The number of fused-ring (bicyclic) bond motifs is 1. The monoisotopic (exact) mass is 407 g/mol. The lowest BCUT2D eigenvalue weighted by Crippen LogP contribution is -2.15. The van der Waals surface area contributed by atoms with Crippen LogP contribution in [0.1, 0.15) is 27.9 Å². The highest BCUT2D eigenvalue weighted by Crippen LogP contribution is 2.28. The molecule has 0 radical (unpaired) electrons. The van der Waals surface area contributed by atoms with Crippen LogP contribution in [0.3, 0.4) is 0 Å². The van der Waals surface area contributed by atoms with Crippen LogP contribution in [0.5, 0.6) is 0 Å². The summed E-state index contributed by atoms with van der Waals surface area (Å²) in [7, 11) is 0. The number of aromatic nitrogens is 2. The van der Waals surface area contributed by atoms with E-state index >= 15 is 0 Å². The van der Waals surface area contributed by atoms with E-state index in [2.05, 4.69) is 10.3 Å². The lowest BCUT2D eigenvalue weighted by atomic mass is 10.0. The number of anilines is 1. The minimum Gasteiger partial charge on any atom is -0.478 e. The first kappa shape index (κ1) is 20.7. The predicted molar refractivity (Wildman–Crippen MR) is 102 cm³/mol. The molecule has 0 bridgehead atoms. The zero-order chi connectivity index (χ0) is 21.2. The Hall–Kier alpha value is -3.07. The van der Waals surface area contributed by atoms with Crippen LogP contribution in [0.15, 0.2) is 36.7 Å². The van der Waals surface area contributed by atoms with Gasteiger partial charge < -0.3 is 15.5 Å². The number of alkyl halides is 3. The van der Waals surface area contributed by atoms with Gasteiger partial charge in [0.25, 0.3) is 0 Å². The van der Waals surface area contributed by atoms with Gasteiger partial charge in [0.1, 0.15) is 0 Å². The standard InChI is InChI=1S/C20H20F3N3O3/c1-12-8-14(2-3-15(12)19(28)29)17-10-25-18-16(24-6-5-20(21,22)23)9-13(4-7-27)11-26(17)18/h2-3,8-11,24,27H,4-7H2,1H3,(H,28,29). The molecule has 0 spiro atoms. The number of hydrogen-bond donors (Lipinski definition) is 3. The SMILES string of the molecule is Cc1cc(-c2cnc3c(NCCC(F)(F)F)cc(CCO)cn23)ccc1C(=O)O. The molecule has 0 aliphatic heterocycles.